The van der Waals surface area contributed by atoms with Crippen molar-refractivity contribution >= 4 is 0 Å². The molecule has 1 aliphatic rings. The monoisotopic (exact) mass is 239 g/mol. The summed E-state index contributed by atoms with van der Waals surface area (Å²) in [5, 5.41) is 28.7. The predicted molar refractivity (Wildman–Crippen MR) is 61.9 cm³/mol. The van der Waals surface area contributed by atoms with Crippen molar-refractivity contribution < 1.29 is 20.1 Å². The third-order valence-electron chi connectivity index (χ3n) is 3.23. The van der Waals surface area contributed by atoms with Crippen LogP contribution in [0.2, 0.25) is 0 Å². The molecule has 5 heteroatoms. The van der Waals surface area contributed by atoms with Crippen LogP contribution in [-0.2, 0) is 4.74 Å². The van der Waals surface area contributed by atoms with Gasteiger partial charge in [-0.25, -0.2) is 0 Å². The quantitative estimate of drug-likeness (QED) is 0.622. The van der Waals surface area contributed by atoms with Crippen molar-refractivity contribution in [2.75, 3.05) is 13.2 Å². The maximum Gasteiger partial charge on any atom is 0.127 e. The van der Waals surface area contributed by atoms with Crippen LogP contribution in [0.3, 0.4) is 0 Å². The number of rotatable bonds is 2. The van der Waals surface area contributed by atoms with Gasteiger partial charge in [0, 0.05) is 31.4 Å². The standard InChI is InChI=1S/C12H17NO4/c13-12(7-1-3-17-4-2-7)11-9(15)5-8(14)6-10(11)16/h5-7,12,14-16H,1-4,13H2/t12-/m1/s1. The Morgan fingerprint density at radius 1 is 1.12 bits per heavy atom. The first-order valence-corrected chi connectivity index (χ1v) is 5.67. The molecule has 1 aromatic carbocycles. The maximum atomic E-state index is 9.74. The summed E-state index contributed by atoms with van der Waals surface area (Å²) in [7, 11) is 0. The molecule has 0 unspecified atom stereocenters. The van der Waals surface area contributed by atoms with Crippen LogP contribution in [0.15, 0.2) is 12.1 Å². The SMILES string of the molecule is N[C@@H](c1c(O)cc(O)cc1O)C1CCOCC1. The van der Waals surface area contributed by atoms with E-state index in [-0.39, 0.29) is 23.2 Å². The first kappa shape index (κ1) is 12.0. The van der Waals surface area contributed by atoms with E-state index in [2.05, 4.69) is 0 Å². The Bertz CT molecular complexity index is 378. The lowest BCUT2D eigenvalue weighted by atomic mass is 9.87. The highest BCUT2D eigenvalue weighted by atomic mass is 16.5. The number of phenolic OH excluding ortho intramolecular Hbond substituents is 3. The first-order valence-electron chi connectivity index (χ1n) is 5.67. The lowest BCUT2D eigenvalue weighted by Crippen LogP contribution is -2.27. The number of benzene rings is 1. The second kappa shape index (κ2) is 4.81. The molecule has 94 valence electrons. The fourth-order valence-electron chi connectivity index (χ4n) is 2.26. The molecule has 0 spiro atoms. The van der Waals surface area contributed by atoms with Crippen molar-refractivity contribution in [2.45, 2.75) is 18.9 Å². The Morgan fingerprint density at radius 3 is 2.18 bits per heavy atom. The molecule has 0 aliphatic carbocycles. The van der Waals surface area contributed by atoms with Gasteiger partial charge in [-0.15, -0.1) is 0 Å². The molecule has 1 atom stereocenters. The van der Waals surface area contributed by atoms with Crippen LogP contribution in [0, 0.1) is 5.92 Å². The largest absolute Gasteiger partial charge is 0.508 e. The van der Waals surface area contributed by atoms with E-state index in [1.54, 1.807) is 0 Å². The van der Waals surface area contributed by atoms with Crippen LogP contribution in [0.4, 0.5) is 0 Å². The molecule has 17 heavy (non-hydrogen) atoms. The lowest BCUT2D eigenvalue weighted by Gasteiger charge is -2.28. The van der Waals surface area contributed by atoms with Crippen molar-refractivity contribution in [3.63, 3.8) is 0 Å². The third-order valence-corrected chi connectivity index (χ3v) is 3.23. The Hall–Kier alpha value is -1.46. The van der Waals surface area contributed by atoms with Crippen LogP contribution >= 0.6 is 0 Å². The second-order valence-electron chi connectivity index (χ2n) is 4.37. The zero-order chi connectivity index (χ0) is 12.4. The molecule has 1 saturated heterocycles. The summed E-state index contributed by atoms with van der Waals surface area (Å²) in [6, 6.07) is 1.93. The van der Waals surface area contributed by atoms with E-state index in [9.17, 15) is 15.3 Å². The highest BCUT2D eigenvalue weighted by Crippen LogP contribution is 2.40. The maximum absolute atomic E-state index is 9.74. The summed E-state index contributed by atoms with van der Waals surface area (Å²) in [4.78, 5) is 0. The van der Waals surface area contributed by atoms with Crippen molar-refractivity contribution in [3.05, 3.63) is 17.7 Å². The Morgan fingerprint density at radius 2 is 1.65 bits per heavy atom. The van der Waals surface area contributed by atoms with Crippen molar-refractivity contribution in [1.82, 2.24) is 0 Å². The van der Waals surface area contributed by atoms with Gasteiger partial charge < -0.3 is 25.8 Å². The summed E-state index contributed by atoms with van der Waals surface area (Å²) >= 11 is 0. The van der Waals surface area contributed by atoms with E-state index in [0.717, 1.165) is 12.8 Å². The van der Waals surface area contributed by atoms with E-state index in [4.69, 9.17) is 10.5 Å². The Kier molecular flexibility index (Phi) is 3.40. The number of hydrogen-bond donors (Lipinski definition) is 4. The summed E-state index contributed by atoms with van der Waals surface area (Å²) in [5.41, 5.74) is 6.36. The lowest BCUT2D eigenvalue weighted by molar-refractivity contribution is 0.0578. The first-order chi connectivity index (χ1) is 8.09. The van der Waals surface area contributed by atoms with E-state index < -0.39 is 6.04 Å². The van der Waals surface area contributed by atoms with Gasteiger partial charge in [0.1, 0.15) is 17.2 Å². The molecule has 0 bridgehead atoms. The summed E-state index contributed by atoms with van der Waals surface area (Å²) < 4.78 is 5.24. The molecular formula is C12H17NO4. The highest BCUT2D eigenvalue weighted by Gasteiger charge is 2.26. The van der Waals surface area contributed by atoms with Gasteiger partial charge >= 0.3 is 0 Å². The molecule has 1 fully saturated rings. The number of ether oxygens (including phenoxy) is 1. The molecule has 1 aromatic rings. The van der Waals surface area contributed by atoms with Gasteiger partial charge in [0.15, 0.2) is 0 Å². The van der Waals surface area contributed by atoms with Crippen LogP contribution in [0.1, 0.15) is 24.4 Å². The zero-order valence-corrected chi connectivity index (χ0v) is 9.47. The van der Waals surface area contributed by atoms with Crippen molar-refractivity contribution in [3.8, 4) is 17.2 Å². The fourth-order valence-corrected chi connectivity index (χ4v) is 2.26. The fraction of sp³-hybridized carbons (Fsp3) is 0.500. The minimum atomic E-state index is -0.445. The summed E-state index contributed by atoms with van der Waals surface area (Å²) in [6.45, 7) is 1.30. The Labute approximate surface area is 99.5 Å². The number of phenols is 3. The highest BCUT2D eigenvalue weighted by molar-refractivity contribution is 5.50. The molecule has 5 nitrogen and oxygen atoms in total. The van der Waals surface area contributed by atoms with Gasteiger partial charge in [0.25, 0.3) is 0 Å². The van der Waals surface area contributed by atoms with E-state index in [0.29, 0.717) is 18.8 Å². The molecule has 1 heterocycles. The Balaban J connectivity index is 2.26. The minimum absolute atomic E-state index is 0.165. The predicted octanol–water partition coefficient (Wildman–Crippen LogP) is 1.23. The van der Waals surface area contributed by atoms with Gasteiger partial charge in [-0.3, -0.25) is 0 Å². The van der Waals surface area contributed by atoms with Crippen LogP contribution in [0.5, 0.6) is 17.2 Å². The summed E-state index contributed by atoms with van der Waals surface area (Å²) in [5.74, 6) is -0.337. The minimum Gasteiger partial charge on any atom is -0.508 e. The topological polar surface area (TPSA) is 95.9 Å². The third kappa shape index (κ3) is 2.45. The molecule has 5 N–H and O–H groups in total. The van der Waals surface area contributed by atoms with Crippen molar-refractivity contribution in [2.24, 2.45) is 11.7 Å². The average molecular weight is 239 g/mol. The van der Waals surface area contributed by atoms with E-state index in [1.165, 1.54) is 12.1 Å². The van der Waals surface area contributed by atoms with Crippen LogP contribution < -0.4 is 5.73 Å². The molecular weight excluding hydrogens is 222 g/mol. The van der Waals surface area contributed by atoms with E-state index >= 15 is 0 Å². The van der Waals surface area contributed by atoms with Gasteiger partial charge in [0.2, 0.25) is 0 Å². The number of hydrogen-bond acceptors (Lipinski definition) is 5. The molecule has 0 saturated carbocycles. The van der Waals surface area contributed by atoms with Gasteiger partial charge in [-0.1, -0.05) is 0 Å². The average Bonchev–Trinajstić information content (AvgIpc) is 2.28. The zero-order valence-electron chi connectivity index (χ0n) is 9.47. The smallest absolute Gasteiger partial charge is 0.127 e. The number of nitrogens with two attached hydrogens (primary N) is 1. The number of aromatic hydroxyl groups is 3. The second-order valence-corrected chi connectivity index (χ2v) is 4.37. The van der Waals surface area contributed by atoms with Gasteiger partial charge in [-0.2, -0.15) is 0 Å². The van der Waals surface area contributed by atoms with Gasteiger partial charge in [0.05, 0.1) is 5.56 Å². The summed E-state index contributed by atoms with van der Waals surface area (Å²) in [6.07, 6.45) is 1.61. The molecule has 0 radical (unpaired) electrons. The molecule has 2 rings (SSSR count). The normalized spacial score (nSPS) is 19.1. The van der Waals surface area contributed by atoms with Crippen LogP contribution in [-0.4, -0.2) is 28.5 Å². The van der Waals surface area contributed by atoms with E-state index in [1.807, 2.05) is 0 Å². The molecule has 0 amide bonds. The molecule has 1 aliphatic heterocycles. The van der Waals surface area contributed by atoms with Crippen molar-refractivity contribution in [1.29, 1.82) is 0 Å². The van der Waals surface area contributed by atoms with Gasteiger partial charge in [-0.05, 0) is 18.8 Å². The van der Waals surface area contributed by atoms with Crippen LogP contribution in [0.25, 0.3) is 0 Å². The molecule has 0 aromatic heterocycles.